The van der Waals surface area contributed by atoms with Crippen molar-refractivity contribution in [2.75, 3.05) is 6.54 Å². The second kappa shape index (κ2) is 5.73. The molecular formula is C11H11Cl2N3OS. The highest BCUT2D eigenvalue weighted by molar-refractivity contribution is 7.80. The van der Waals surface area contributed by atoms with Crippen LogP contribution in [-0.4, -0.2) is 23.5 Å². The van der Waals surface area contributed by atoms with Crippen molar-refractivity contribution in [3.8, 4) is 0 Å². The molecular weight excluding hydrogens is 293 g/mol. The molecule has 1 aliphatic heterocycles. The van der Waals surface area contributed by atoms with Gasteiger partial charge in [0.15, 0.2) is 5.11 Å². The van der Waals surface area contributed by atoms with Gasteiger partial charge in [-0.05, 0) is 24.4 Å². The van der Waals surface area contributed by atoms with Gasteiger partial charge in [-0.1, -0.05) is 34.4 Å². The van der Waals surface area contributed by atoms with Crippen LogP contribution in [0.5, 0.6) is 0 Å². The molecule has 96 valence electrons. The van der Waals surface area contributed by atoms with Gasteiger partial charge in [0.1, 0.15) is 6.10 Å². The molecule has 1 heterocycles. The number of benzene rings is 1. The molecule has 0 saturated carbocycles. The largest absolute Gasteiger partial charge is 0.390 e. The van der Waals surface area contributed by atoms with Gasteiger partial charge >= 0.3 is 0 Å². The summed E-state index contributed by atoms with van der Waals surface area (Å²) in [7, 11) is 0. The maximum Gasteiger partial charge on any atom is 0.163 e. The Bertz CT molecular complexity index is 507. The van der Waals surface area contributed by atoms with Crippen LogP contribution in [0.15, 0.2) is 23.4 Å². The zero-order valence-electron chi connectivity index (χ0n) is 9.32. The van der Waals surface area contributed by atoms with Gasteiger partial charge in [-0.15, -0.1) is 0 Å². The standard InChI is InChI=1S/C11H11Cl2N3OS/c12-6-1-2-8(9(13)3-6)10-4-7(17-16-10)5-15-11(14)18/h1-3,7H,4-5H2,(H3,14,15,18). The van der Waals surface area contributed by atoms with Gasteiger partial charge < -0.3 is 15.9 Å². The van der Waals surface area contributed by atoms with Crippen LogP contribution in [0.4, 0.5) is 0 Å². The molecule has 18 heavy (non-hydrogen) atoms. The van der Waals surface area contributed by atoms with E-state index in [4.69, 9.17) is 46.0 Å². The zero-order chi connectivity index (χ0) is 13.1. The Morgan fingerprint density at radius 3 is 3.00 bits per heavy atom. The van der Waals surface area contributed by atoms with Crippen LogP contribution >= 0.6 is 35.4 Å². The fourth-order valence-corrected chi connectivity index (χ4v) is 2.24. The van der Waals surface area contributed by atoms with Gasteiger partial charge in [0.2, 0.25) is 0 Å². The van der Waals surface area contributed by atoms with Crippen molar-refractivity contribution < 1.29 is 4.84 Å². The van der Waals surface area contributed by atoms with E-state index in [-0.39, 0.29) is 11.2 Å². The van der Waals surface area contributed by atoms with Crippen LogP contribution in [0.25, 0.3) is 0 Å². The number of hydrogen-bond acceptors (Lipinski definition) is 3. The molecule has 0 saturated heterocycles. The van der Waals surface area contributed by atoms with E-state index in [1.807, 2.05) is 6.07 Å². The van der Waals surface area contributed by atoms with Crippen LogP contribution in [0.2, 0.25) is 10.0 Å². The highest BCUT2D eigenvalue weighted by Crippen LogP contribution is 2.25. The number of rotatable bonds is 3. The summed E-state index contributed by atoms with van der Waals surface area (Å²) in [5.74, 6) is 0. The third-order valence-electron chi connectivity index (χ3n) is 2.48. The Hall–Kier alpha value is -1.04. The number of halogens is 2. The molecule has 0 aromatic heterocycles. The zero-order valence-corrected chi connectivity index (χ0v) is 11.6. The lowest BCUT2D eigenvalue weighted by Crippen LogP contribution is -2.35. The molecule has 1 aromatic rings. The van der Waals surface area contributed by atoms with E-state index in [2.05, 4.69) is 10.5 Å². The number of nitrogens with zero attached hydrogens (tertiary/aromatic N) is 1. The lowest BCUT2D eigenvalue weighted by atomic mass is 10.1. The van der Waals surface area contributed by atoms with E-state index < -0.39 is 0 Å². The van der Waals surface area contributed by atoms with Crippen molar-refractivity contribution in [2.24, 2.45) is 10.9 Å². The second-order valence-electron chi connectivity index (χ2n) is 3.84. The summed E-state index contributed by atoms with van der Waals surface area (Å²) >= 11 is 16.7. The van der Waals surface area contributed by atoms with Gasteiger partial charge in [0.25, 0.3) is 0 Å². The molecule has 0 bridgehead atoms. The molecule has 7 heteroatoms. The third-order valence-corrected chi connectivity index (χ3v) is 3.17. The van der Waals surface area contributed by atoms with Crippen molar-refractivity contribution >= 4 is 46.2 Å². The van der Waals surface area contributed by atoms with Crippen molar-refractivity contribution in [2.45, 2.75) is 12.5 Å². The first-order valence-electron chi connectivity index (χ1n) is 5.27. The van der Waals surface area contributed by atoms with E-state index in [0.29, 0.717) is 23.0 Å². The fourth-order valence-electron chi connectivity index (χ4n) is 1.63. The average Bonchev–Trinajstić information content (AvgIpc) is 2.75. The number of thiocarbonyl (C=S) groups is 1. The first kappa shape index (κ1) is 13.4. The van der Waals surface area contributed by atoms with Crippen LogP contribution in [0.3, 0.4) is 0 Å². The minimum atomic E-state index is -0.0896. The Morgan fingerprint density at radius 2 is 2.33 bits per heavy atom. The van der Waals surface area contributed by atoms with Gasteiger partial charge in [0, 0.05) is 17.0 Å². The molecule has 0 fully saturated rings. The van der Waals surface area contributed by atoms with Crippen LogP contribution in [-0.2, 0) is 4.84 Å². The predicted octanol–water partition coefficient (Wildman–Crippen LogP) is 2.32. The number of hydrogen-bond donors (Lipinski definition) is 2. The quantitative estimate of drug-likeness (QED) is 0.841. The molecule has 0 aliphatic carbocycles. The summed E-state index contributed by atoms with van der Waals surface area (Å²) in [5, 5.41) is 8.26. The van der Waals surface area contributed by atoms with Crippen molar-refractivity contribution in [1.29, 1.82) is 0 Å². The summed E-state index contributed by atoms with van der Waals surface area (Å²) in [6, 6.07) is 5.28. The van der Waals surface area contributed by atoms with Gasteiger partial charge in [-0.2, -0.15) is 0 Å². The van der Waals surface area contributed by atoms with Crippen molar-refractivity contribution in [3.63, 3.8) is 0 Å². The fraction of sp³-hybridized carbons (Fsp3) is 0.273. The van der Waals surface area contributed by atoms with Crippen molar-refractivity contribution in [1.82, 2.24) is 5.32 Å². The second-order valence-corrected chi connectivity index (χ2v) is 5.12. The Morgan fingerprint density at radius 1 is 1.56 bits per heavy atom. The molecule has 0 amide bonds. The van der Waals surface area contributed by atoms with E-state index in [9.17, 15) is 0 Å². The van der Waals surface area contributed by atoms with Gasteiger partial charge in [-0.3, -0.25) is 0 Å². The van der Waals surface area contributed by atoms with Crippen LogP contribution < -0.4 is 11.1 Å². The van der Waals surface area contributed by atoms with E-state index >= 15 is 0 Å². The van der Waals surface area contributed by atoms with E-state index in [1.165, 1.54) is 0 Å². The molecule has 0 spiro atoms. The molecule has 2 rings (SSSR count). The molecule has 0 radical (unpaired) electrons. The smallest absolute Gasteiger partial charge is 0.163 e. The molecule has 1 unspecified atom stereocenters. The minimum Gasteiger partial charge on any atom is -0.390 e. The highest BCUT2D eigenvalue weighted by Gasteiger charge is 2.23. The normalized spacial score (nSPS) is 18.1. The topological polar surface area (TPSA) is 59.6 Å². The van der Waals surface area contributed by atoms with Crippen molar-refractivity contribution in [3.05, 3.63) is 33.8 Å². The van der Waals surface area contributed by atoms with E-state index in [1.54, 1.807) is 12.1 Å². The number of nitrogens with one attached hydrogen (secondary N) is 1. The predicted molar refractivity (Wildman–Crippen MR) is 77.3 cm³/mol. The highest BCUT2D eigenvalue weighted by atomic mass is 35.5. The maximum atomic E-state index is 6.11. The van der Waals surface area contributed by atoms with Crippen LogP contribution in [0.1, 0.15) is 12.0 Å². The monoisotopic (exact) mass is 303 g/mol. The SMILES string of the molecule is NC(=S)NCC1CC(c2ccc(Cl)cc2Cl)=NO1. The summed E-state index contributed by atoms with van der Waals surface area (Å²) in [6.45, 7) is 0.521. The molecule has 3 N–H and O–H groups in total. The molecule has 1 aliphatic rings. The van der Waals surface area contributed by atoms with E-state index in [0.717, 1.165) is 11.3 Å². The maximum absolute atomic E-state index is 6.11. The first-order valence-corrected chi connectivity index (χ1v) is 6.44. The summed E-state index contributed by atoms with van der Waals surface area (Å²) in [5.41, 5.74) is 6.98. The Balaban J connectivity index is 2.01. The lowest BCUT2D eigenvalue weighted by Gasteiger charge is -2.09. The van der Waals surface area contributed by atoms with Crippen LogP contribution in [0, 0.1) is 0 Å². The summed E-state index contributed by atoms with van der Waals surface area (Å²) < 4.78 is 0. The Kier molecular flexibility index (Phi) is 4.27. The summed E-state index contributed by atoms with van der Waals surface area (Å²) in [6.07, 6.45) is 0.560. The average molecular weight is 304 g/mol. The third kappa shape index (κ3) is 3.25. The summed E-state index contributed by atoms with van der Waals surface area (Å²) in [4.78, 5) is 5.27. The molecule has 4 nitrogen and oxygen atoms in total. The van der Waals surface area contributed by atoms with Gasteiger partial charge in [-0.25, -0.2) is 0 Å². The molecule has 1 atom stereocenters. The Labute approximate surface area is 120 Å². The van der Waals surface area contributed by atoms with Gasteiger partial charge in [0.05, 0.1) is 17.3 Å². The molecule has 1 aromatic carbocycles. The lowest BCUT2D eigenvalue weighted by molar-refractivity contribution is 0.0886. The minimum absolute atomic E-state index is 0.0896. The number of nitrogens with two attached hydrogens (primary N) is 1. The number of oxime groups is 1. The first-order chi connectivity index (χ1) is 8.56.